The molecule has 0 aromatic heterocycles. The Bertz CT molecular complexity index is 202. The van der Waals surface area contributed by atoms with Gasteiger partial charge in [0.25, 0.3) is 0 Å². The molecule has 6 heteroatoms. The van der Waals surface area contributed by atoms with Crippen LogP contribution in [0.3, 0.4) is 0 Å². The van der Waals surface area contributed by atoms with Crippen LogP contribution in [0.4, 0.5) is 0 Å². The molecule has 0 saturated heterocycles. The van der Waals surface area contributed by atoms with Gasteiger partial charge in [-0.25, -0.2) is 0 Å². The van der Waals surface area contributed by atoms with Crippen LogP contribution in [0, 0.1) is 11.8 Å². The van der Waals surface area contributed by atoms with E-state index in [0.29, 0.717) is 0 Å². The number of halogens is 1. The van der Waals surface area contributed by atoms with Crippen LogP contribution in [0.5, 0.6) is 0 Å². The molecule has 4 atom stereocenters. The minimum atomic E-state index is -0.943. The molecule has 0 bridgehead atoms. The van der Waals surface area contributed by atoms with Gasteiger partial charge in [0.1, 0.15) is 0 Å². The fourth-order valence-electron chi connectivity index (χ4n) is 1.80. The predicted molar refractivity (Wildman–Crippen MR) is 52.2 cm³/mol. The Balaban J connectivity index is 0.00000169. The number of carboxylic acids is 1. The van der Waals surface area contributed by atoms with Gasteiger partial charge in [-0.2, -0.15) is 0 Å². The van der Waals surface area contributed by atoms with Crippen LogP contribution < -0.4 is 5.73 Å². The molecule has 1 fully saturated rings. The van der Waals surface area contributed by atoms with Crippen LogP contribution in [0.25, 0.3) is 0 Å². The lowest BCUT2D eigenvalue weighted by molar-refractivity contribution is -0.149. The Morgan fingerprint density at radius 3 is 2.21 bits per heavy atom. The molecule has 0 aliphatic heterocycles. The number of rotatable bonds is 2. The summed E-state index contributed by atoms with van der Waals surface area (Å²) < 4.78 is 0. The second-order valence-corrected chi connectivity index (χ2v) is 3.55. The first-order valence-electron chi connectivity index (χ1n) is 4.35. The molecule has 0 amide bonds. The van der Waals surface area contributed by atoms with E-state index in [1.54, 1.807) is 0 Å². The van der Waals surface area contributed by atoms with Crippen molar-refractivity contribution in [1.82, 2.24) is 0 Å². The second-order valence-electron chi connectivity index (χ2n) is 3.55. The third-order valence-electron chi connectivity index (χ3n) is 2.67. The molecule has 0 spiro atoms. The zero-order chi connectivity index (χ0) is 10.0. The highest BCUT2D eigenvalue weighted by molar-refractivity contribution is 5.85. The number of hydrogen-bond donors (Lipinski definition) is 4. The van der Waals surface area contributed by atoms with E-state index in [0.717, 1.165) is 0 Å². The molecule has 0 aromatic carbocycles. The summed E-state index contributed by atoms with van der Waals surface area (Å²) in [6.45, 7) is 0.237. The number of hydrogen-bond acceptors (Lipinski definition) is 4. The largest absolute Gasteiger partial charge is 0.481 e. The van der Waals surface area contributed by atoms with Crippen LogP contribution in [0.1, 0.15) is 12.8 Å². The number of aliphatic hydroxyl groups excluding tert-OH is 2. The first-order valence-corrected chi connectivity index (χ1v) is 4.35. The third-order valence-corrected chi connectivity index (χ3v) is 2.67. The maximum Gasteiger partial charge on any atom is 0.306 e. The fourth-order valence-corrected chi connectivity index (χ4v) is 1.80. The van der Waals surface area contributed by atoms with E-state index in [-0.39, 0.29) is 37.7 Å². The molecule has 0 radical (unpaired) electrons. The van der Waals surface area contributed by atoms with E-state index in [4.69, 9.17) is 10.8 Å². The average molecular weight is 226 g/mol. The van der Waals surface area contributed by atoms with E-state index in [9.17, 15) is 15.0 Å². The lowest BCUT2D eigenvalue weighted by Crippen LogP contribution is -2.44. The lowest BCUT2D eigenvalue weighted by atomic mass is 9.76. The van der Waals surface area contributed by atoms with Gasteiger partial charge in [0.15, 0.2) is 0 Å². The number of aliphatic carboxylic acids is 1. The van der Waals surface area contributed by atoms with Gasteiger partial charge in [0.05, 0.1) is 18.1 Å². The molecule has 1 aliphatic rings. The minimum absolute atomic E-state index is 0. The van der Waals surface area contributed by atoms with Gasteiger partial charge in [0.2, 0.25) is 0 Å². The maximum absolute atomic E-state index is 10.7. The molecule has 0 unspecified atom stereocenters. The van der Waals surface area contributed by atoms with E-state index in [1.165, 1.54) is 0 Å². The van der Waals surface area contributed by atoms with Crippen molar-refractivity contribution in [3.63, 3.8) is 0 Å². The van der Waals surface area contributed by atoms with Crippen molar-refractivity contribution < 1.29 is 20.1 Å². The molecule has 1 saturated carbocycles. The molecule has 0 aromatic rings. The Morgan fingerprint density at radius 2 is 1.79 bits per heavy atom. The summed E-state index contributed by atoms with van der Waals surface area (Å²) in [7, 11) is 0. The van der Waals surface area contributed by atoms with Crippen molar-refractivity contribution in [2.45, 2.75) is 25.0 Å². The quantitative estimate of drug-likeness (QED) is 0.493. The predicted octanol–water partition coefficient (Wildman–Crippen LogP) is -0.801. The summed E-state index contributed by atoms with van der Waals surface area (Å²) >= 11 is 0. The molecular weight excluding hydrogens is 210 g/mol. The monoisotopic (exact) mass is 225 g/mol. The van der Waals surface area contributed by atoms with Gasteiger partial charge >= 0.3 is 5.97 Å². The molecular formula is C8H16ClNO4. The van der Waals surface area contributed by atoms with E-state index >= 15 is 0 Å². The standard InChI is InChI=1S/C8H15NO4.ClH/c9-3-4-1-6(10)7(11)2-5(4)8(12)13;/h4-7,10-11H,1-3,9H2,(H,12,13);1H/t4-,5-,6+,7-;/m0./s1. The first-order chi connectivity index (χ1) is 6.06. The lowest BCUT2D eigenvalue weighted by Gasteiger charge is -2.34. The number of carbonyl (C=O) groups is 1. The Labute approximate surface area is 88.3 Å². The summed E-state index contributed by atoms with van der Waals surface area (Å²) in [4.78, 5) is 10.7. The summed E-state index contributed by atoms with van der Waals surface area (Å²) in [5.74, 6) is -1.79. The van der Waals surface area contributed by atoms with Gasteiger partial charge in [-0.1, -0.05) is 0 Å². The topological polar surface area (TPSA) is 104 Å². The highest BCUT2D eigenvalue weighted by Gasteiger charge is 2.38. The Morgan fingerprint density at radius 1 is 1.29 bits per heavy atom. The van der Waals surface area contributed by atoms with Crippen LogP contribution in [-0.2, 0) is 4.79 Å². The highest BCUT2D eigenvalue weighted by Crippen LogP contribution is 2.30. The van der Waals surface area contributed by atoms with Gasteiger partial charge in [-0.15, -0.1) is 12.4 Å². The third kappa shape index (κ3) is 2.81. The molecule has 5 N–H and O–H groups in total. The molecule has 1 rings (SSSR count). The first kappa shape index (κ1) is 13.6. The second kappa shape index (κ2) is 5.50. The maximum atomic E-state index is 10.7. The molecule has 5 nitrogen and oxygen atoms in total. The highest BCUT2D eigenvalue weighted by atomic mass is 35.5. The molecule has 0 heterocycles. The minimum Gasteiger partial charge on any atom is -0.481 e. The van der Waals surface area contributed by atoms with Crippen LogP contribution in [0.2, 0.25) is 0 Å². The smallest absolute Gasteiger partial charge is 0.306 e. The average Bonchev–Trinajstić information content (AvgIpc) is 2.08. The summed E-state index contributed by atoms with van der Waals surface area (Å²) in [6, 6.07) is 0. The normalized spacial score (nSPS) is 37.4. The number of carboxylic acid groups (broad SMARTS) is 1. The summed E-state index contributed by atoms with van der Waals surface area (Å²) in [5.41, 5.74) is 5.38. The molecule has 14 heavy (non-hydrogen) atoms. The van der Waals surface area contributed by atoms with Crippen molar-refractivity contribution in [3.8, 4) is 0 Å². The van der Waals surface area contributed by atoms with Crippen molar-refractivity contribution in [1.29, 1.82) is 0 Å². The van der Waals surface area contributed by atoms with E-state index in [2.05, 4.69) is 0 Å². The number of aliphatic hydroxyl groups is 2. The van der Waals surface area contributed by atoms with Crippen molar-refractivity contribution in [2.75, 3.05) is 6.54 Å². The van der Waals surface area contributed by atoms with E-state index in [1.807, 2.05) is 0 Å². The van der Waals surface area contributed by atoms with Gasteiger partial charge < -0.3 is 21.1 Å². The number of nitrogens with two attached hydrogens (primary N) is 1. The SMILES string of the molecule is Cl.NC[C@@H]1C[C@@H](O)[C@@H](O)C[C@@H]1C(=O)O. The Hall–Kier alpha value is -0.360. The summed E-state index contributed by atoms with van der Waals surface area (Å²) in [5, 5.41) is 27.3. The van der Waals surface area contributed by atoms with Gasteiger partial charge in [-0.05, 0) is 25.3 Å². The molecule has 84 valence electrons. The molecule has 1 aliphatic carbocycles. The van der Waals surface area contributed by atoms with Crippen molar-refractivity contribution >= 4 is 18.4 Å². The zero-order valence-electron chi connectivity index (χ0n) is 7.67. The fraction of sp³-hybridized carbons (Fsp3) is 0.875. The van der Waals surface area contributed by atoms with E-state index < -0.39 is 24.1 Å². The van der Waals surface area contributed by atoms with Crippen LogP contribution in [-0.4, -0.2) is 40.0 Å². The van der Waals surface area contributed by atoms with Crippen molar-refractivity contribution in [2.24, 2.45) is 17.6 Å². The van der Waals surface area contributed by atoms with Crippen LogP contribution in [0.15, 0.2) is 0 Å². The van der Waals surface area contributed by atoms with Gasteiger partial charge in [0, 0.05) is 0 Å². The van der Waals surface area contributed by atoms with Crippen LogP contribution >= 0.6 is 12.4 Å². The van der Waals surface area contributed by atoms with Gasteiger partial charge in [-0.3, -0.25) is 4.79 Å². The summed E-state index contributed by atoms with van der Waals surface area (Å²) in [6.07, 6.45) is -1.39. The Kier molecular flexibility index (Phi) is 5.36. The zero-order valence-corrected chi connectivity index (χ0v) is 8.48. The van der Waals surface area contributed by atoms with Crippen molar-refractivity contribution in [3.05, 3.63) is 0 Å².